The highest BCUT2D eigenvalue weighted by molar-refractivity contribution is 7.90. The van der Waals surface area contributed by atoms with Crippen molar-refractivity contribution in [2.75, 3.05) is 0 Å². The van der Waals surface area contributed by atoms with Gasteiger partial charge in [0.1, 0.15) is 5.75 Å². The van der Waals surface area contributed by atoms with Gasteiger partial charge in [0.15, 0.2) is 5.03 Å². The van der Waals surface area contributed by atoms with Gasteiger partial charge in [0.25, 0.3) is 0 Å². The molecule has 96 valence electrons. The van der Waals surface area contributed by atoms with Crippen LogP contribution in [-0.4, -0.2) is 23.1 Å². The van der Waals surface area contributed by atoms with Crippen molar-refractivity contribution in [2.24, 2.45) is 7.05 Å². The fourth-order valence-corrected chi connectivity index (χ4v) is 2.98. The van der Waals surface area contributed by atoms with Gasteiger partial charge in [-0.1, -0.05) is 17.7 Å². The lowest BCUT2D eigenvalue weighted by molar-refractivity contribution is 0.469. The third-order valence-corrected chi connectivity index (χ3v) is 4.12. The maximum Gasteiger partial charge on any atom is 0.201 e. The summed E-state index contributed by atoms with van der Waals surface area (Å²) >= 11 is 0. The van der Waals surface area contributed by atoms with E-state index in [-0.39, 0.29) is 16.5 Å². The number of aromatic hydroxyl groups is 1. The number of hydrogen-bond acceptors (Lipinski definition) is 4. The molecule has 0 fully saturated rings. The molecule has 18 heavy (non-hydrogen) atoms. The van der Waals surface area contributed by atoms with E-state index in [2.05, 4.69) is 4.98 Å². The molecule has 0 aliphatic rings. The number of imidazole rings is 1. The smallest absolute Gasteiger partial charge is 0.201 e. The number of aromatic nitrogens is 2. The summed E-state index contributed by atoms with van der Waals surface area (Å²) in [5.41, 5.74) is 1.29. The molecule has 0 bridgehead atoms. The van der Waals surface area contributed by atoms with Gasteiger partial charge in [0, 0.05) is 18.8 Å². The molecule has 0 spiro atoms. The van der Waals surface area contributed by atoms with E-state index in [1.165, 1.54) is 18.6 Å². The minimum atomic E-state index is -3.52. The van der Waals surface area contributed by atoms with E-state index < -0.39 is 9.84 Å². The first kappa shape index (κ1) is 12.6. The highest BCUT2D eigenvalue weighted by Crippen LogP contribution is 2.23. The summed E-state index contributed by atoms with van der Waals surface area (Å²) in [4.78, 5) is 3.83. The monoisotopic (exact) mass is 266 g/mol. The molecule has 0 saturated heterocycles. The molecular formula is C12H14N2O3S. The molecule has 1 aromatic heterocycles. The van der Waals surface area contributed by atoms with Crippen molar-refractivity contribution < 1.29 is 13.5 Å². The molecule has 0 amide bonds. The van der Waals surface area contributed by atoms with E-state index in [1.54, 1.807) is 23.7 Å². The Balaban J connectivity index is 2.36. The van der Waals surface area contributed by atoms with Crippen molar-refractivity contribution in [3.05, 3.63) is 41.9 Å². The summed E-state index contributed by atoms with van der Waals surface area (Å²) in [6.45, 7) is 1.84. The van der Waals surface area contributed by atoms with Crippen molar-refractivity contribution in [2.45, 2.75) is 17.7 Å². The van der Waals surface area contributed by atoms with Crippen molar-refractivity contribution in [3.63, 3.8) is 0 Å². The molecule has 1 heterocycles. The van der Waals surface area contributed by atoms with E-state index in [0.717, 1.165) is 5.56 Å². The third kappa shape index (κ3) is 2.53. The number of nitrogens with zero attached hydrogens (tertiary/aromatic N) is 2. The second kappa shape index (κ2) is 4.45. The van der Waals surface area contributed by atoms with Crippen LogP contribution in [0.15, 0.2) is 35.7 Å². The first-order valence-corrected chi connectivity index (χ1v) is 7.03. The van der Waals surface area contributed by atoms with Crippen molar-refractivity contribution in [1.82, 2.24) is 9.55 Å². The first-order valence-electron chi connectivity index (χ1n) is 5.38. The van der Waals surface area contributed by atoms with Gasteiger partial charge in [-0.25, -0.2) is 13.4 Å². The van der Waals surface area contributed by atoms with Gasteiger partial charge in [-0.3, -0.25) is 0 Å². The lowest BCUT2D eigenvalue weighted by Crippen LogP contribution is -2.06. The number of aryl methyl sites for hydroxylation is 2. The Labute approximate surface area is 106 Å². The van der Waals surface area contributed by atoms with E-state index in [0.29, 0.717) is 5.56 Å². The van der Waals surface area contributed by atoms with Crippen LogP contribution in [0, 0.1) is 6.92 Å². The number of sulfone groups is 1. The largest absolute Gasteiger partial charge is 0.508 e. The molecule has 0 aliphatic heterocycles. The van der Waals surface area contributed by atoms with Crippen LogP contribution in [0.5, 0.6) is 5.75 Å². The Bertz CT molecular complexity index is 674. The van der Waals surface area contributed by atoms with E-state index in [1.807, 2.05) is 6.92 Å². The molecule has 0 saturated carbocycles. The van der Waals surface area contributed by atoms with Crippen LogP contribution in [0.25, 0.3) is 0 Å². The fourth-order valence-electron chi connectivity index (χ4n) is 1.66. The van der Waals surface area contributed by atoms with Gasteiger partial charge in [-0.05, 0) is 13.0 Å². The normalized spacial score (nSPS) is 11.7. The molecule has 0 aliphatic carbocycles. The third-order valence-electron chi connectivity index (χ3n) is 2.58. The molecule has 0 radical (unpaired) electrons. The molecular weight excluding hydrogens is 252 g/mol. The summed E-state index contributed by atoms with van der Waals surface area (Å²) in [7, 11) is -1.82. The van der Waals surface area contributed by atoms with E-state index in [9.17, 15) is 13.5 Å². The average molecular weight is 266 g/mol. The number of phenols is 1. The van der Waals surface area contributed by atoms with Crippen LogP contribution in [0.1, 0.15) is 11.1 Å². The highest BCUT2D eigenvalue weighted by atomic mass is 32.2. The minimum absolute atomic E-state index is 0.0138. The number of hydrogen-bond donors (Lipinski definition) is 1. The molecule has 0 unspecified atom stereocenters. The summed E-state index contributed by atoms with van der Waals surface area (Å²) in [5, 5.41) is 9.68. The zero-order chi connectivity index (χ0) is 13.3. The Morgan fingerprint density at radius 3 is 2.72 bits per heavy atom. The van der Waals surface area contributed by atoms with Gasteiger partial charge >= 0.3 is 0 Å². The predicted molar refractivity (Wildman–Crippen MR) is 66.9 cm³/mol. The van der Waals surface area contributed by atoms with Gasteiger partial charge < -0.3 is 9.67 Å². The summed E-state index contributed by atoms with van der Waals surface area (Å²) in [5.74, 6) is -0.266. The van der Waals surface area contributed by atoms with Crippen molar-refractivity contribution >= 4 is 9.84 Å². The number of phenolic OH excluding ortho intramolecular Hbond substituents is 1. The Morgan fingerprint density at radius 1 is 1.39 bits per heavy atom. The second-order valence-electron chi connectivity index (χ2n) is 4.27. The van der Waals surface area contributed by atoms with Gasteiger partial charge in [0.05, 0.1) is 12.1 Å². The van der Waals surface area contributed by atoms with E-state index in [4.69, 9.17) is 0 Å². The summed E-state index contributed by atoms with van der Waals surface area (Å²) < 4.78 is 25.8. The maximum atomic E-state index is 12.1. The van der Waals surface area contributed by atoms with Crippen LogP contribution in [0.3, 0.4) is 0 Å². The van der Waals surface area contributed by atoms with E-state index >= 15 is 0 Å². The average Bonchev–Trinajstić information content (AvgIpc) is 2.71. The lowest BCUT2D eigenvalue weighted by atomic mass is 10.1. The highest BCUT2D eigenvalue weighted by Gasteiger charge is 2.19. The maximum absolute atomic E-state index is 12.1. The molecule has 1 N–H and O–H groups in total. The summed E-state index contributed by atoms with van der Waals surface area (Å²) in [6.07, 6.45) is 2.88. The second-order valence-corrected chi connectivity index (χ2v) is 6.21. The van der Waals surface area contributed by atoms with Crippen molar-refractivity contribution in [3.8, 4) is 5.75 Å². The van der Waals surface area contributed by atoms with Crippen LogP contribution in [-0.2, 0) is 22.6 Å². The topological polar surface area (TPSA) is 72.2 Å². The van der Waals surface area contributed by atoms with Crippen LogP contribution >= 0.6 is 0 Å². The molecule has 0 atom stereocenters. The SMILES string of the molecule is Cc1ccc(O)c(CS(=O)(=O)c2cn(C)cn2)c1. The Hall–Kier alpha value is -1.82. The molecule has 1 aromatic carbocycles. The fraction of sp³-hybridized carbons (Fsp3) is 0.250. The first-order chi connectivity index (χ1) is 8.38. The Kier molecular flexibility index (Phi) is 3.13. The molecule has 5 nitrogen and oxygen atoms in total. The zero-order valence-electron chi connectivity index (χ0n) is 10.2. The zero-order valence-corrected chi connectivity index (χ0v) is 11.0. The quantitative estimate of drug-likeness (QED) is 0.911. The molecule has 2 aromatic rings. The van der Waals surface area contributed by atoms with Gasteiger partial charge in [-0.2, -0.15) is 0 Å². The number of benzene rings is 1. The van der Waals surface area contributed by atoms with Crippen molar-refractivity contribution in [1.29, 1.82) is 0 Å². The number of rotatable bonds is 3. The van der Waals surface area contributed by atoms with Gasteiger partial charge in [-0.15, -0.1) is 0 Å². The summed E-state index contributed by atoms with van der Waals surface area (Å²) in [6, 6.07) is 4.89. The minimum Gasteiger partial charge on any atom is -0.508 e. The standard InChI is InChI=1S/C12H14N2O3S/c1-9-3-4-11(15)10(5-9)7-18(16,17)12-6-14(2)8-13-12/h3-6,8,15H,7H2,1-2H3. The Morgan fingerprint density at radius 2 is 2.11 bits per heavy atom. The van der Waals surface area contributed by atoms with Gasteiger partial charge in [0.2, 0.25) is 9.84 Å². The lowest BCUT2D eigenvalue weighted by Gasteiger charge is -2.05. The predicted octanol–water partition coefficient (Wildman–Crippen LogP) is 1.41. The van der Waals surface area contributed by atoms with Crippen LogP contribution < -0.4 is 0 Å². The molecule has 6 heteroatoms. The van der Waals surface area contributed by atoms with Crippen LogP contribution in [0.2, 0.25) is 0 Å². The molecule has 2 rings (SSSR count). The van der Waals surface area contributed by atoms with Crippen LogP contribution in [0.4, 0.5) is 0 Å².